The van der Waals surface area contributed by atoms with Gasteiger partial charge in [0, 0.05) is 30.8 Å². The first-order valence-corrected chi connectivity index (χ1v) is 7.95. The van der Waals surface area contributed by atoms with Gasteiger partial charge < -0.3 is 10.4 Å². The van der Waals surface area contributed by atoms with Crippen LogP contribution < -0.4 is 16.0 Å². The number of carbonyl (C=O) groups is 1. The summed E-state index contributed by atoms with van der Waals surface area (Å²) in [5.74, 6) is -0.952. The number of carboxylic acid groups (broad SMARTS) is 1. The van der Waals surface area contributed by atoms with Crippen LogP contribution in [0.25, 0.3) is 11.1 Å². The highest BCUT2D eigenvalue weighted by atomic mass is 16.4. The van der Waals surface area contributed by atoms with Gasteiger partial charge in [0.1, 0.15) is 6.29 Å². The fourth-order valence-electron chi connectivity index (χ4n) is 2.70. The molecule has 124 valence electrons. The summed E-state index contributed by atoms with van der Waals surface area (Å²) in [5.41, 5.74) is 4.39. The quantitative estimate of drug-likeness (QED) is 0.615. The lowest BCUT2D eigenvalue weighted by Gasteiger charge is -2.15. The zero-order valence-electron chi connectivity index (χ0n) is 13.4. The molecule has 1 saturated heterocycles. The summed E-state index contributed by atoms with van der Waals surface area (Å²) in [4.78, 5) is 10.9. The number of anilines is 1. The molecule has 0 amide bonds. The molecule has 1 aliphatic heterocycles. The third-order valence-corrected chi connectivity index (χ3v) is 4.00. The number of nitrogens with one attached hydrogen (secondary N) is 3. The second kappa shape index (κ2) is 7.29. The lowest BCUT2D eigenvalue weighted by Crippen LogP contribution is -2.38. The van der Waals surface area contributed by atoms with Crippen LogP contribution in [-0.4, -0.2) is 30.5 Å². The zero-order chi connectivity index (χ0) is 16.9. The maximum Gasteiger partial charge on any atom is 0.331 e. The van der Waals surface area contributed by atoms with Crippen LogP contribution >= 0.6 is 0 Å². The van der Waals surface area contributed by atoms with E-state index in [4.69, 9.17) is 5.11 Å². The van der Waals surface area contributed by atoms with Crippen molar-refractivity contribution in [3.8, 4) is 11.1 Å². The molecular formula is C19H21N3O2. The van der Waals surface area contributed by atoms with Crippen LogP contribution in [0, 0.1) is 0 Å². The predicted molar refractivity (Wildman–Crippen MR) is 95.8 cm³/mol. The first-order chi connectivity index (χ1) is 11.6. The van der Waals surface area contributed by atoms with Crippen molar-refractivity contribution < 1.29 is 9.90 Å². The van der Waals surface area contributed by atoms with Gasteiger partial charge in [0.15, 0.2) is 0 Å². The standard InChI is InChI=1S/C19H21N3O2/c1-13(18(23)24)11-14-5-7-15(8-6-14)16-3-2-4-17(12-16)22-19-20-9-10-21-19/h2-8,12,19-22H,1,9-11H2,(H,23,24). The van der Waals surface area contributed by atoms with E-state index in [0.29, 0.717) is 6.42 Å². The van der Waals surface area contributed by atoms with Crippen molar-refractivity contribution in [1.82, 2.24) is 10.6 Å². The Hall–Kier alpha value is -2.63. The van der Waals surface area contributed by atoms with Crippen LogP contribution in [-0.2, 0) is 11.2 Å². The van der Waals surface area contributed by atoms with Gasteiger partial charge in [0.25, 0.3) is 0 Å². The third-order valence-electron chi connectivity index (χ3n) is 4.00. The Bertz CT molecular complexity index is 735. The fourth-order valence-corrected chi connectivity index (χ4v) is 2.70. The summed E-state index contributed by atoms with van der Waals surface area (Å²) in [5, 5.41) is 18.9. The van der Waals surface area contributed by atoms with Crippen LogP contribution in [0.15, 0.2) is 60.7 Å². The Morgan fingerprint density at radius 3 is 2.50 bits per heavy atom. The molecule has 0 radical (unpaired) electrons. The van der Waals surface area contributed by atoms with E-state index in [1.165, 1.54) is 0 Å². The van der Waals surface area contributed by atoms with E-state index >= 15 is 0 Å². The molecule has 2 aromatic carbocycles. The Morgan fingerprint density at radius 1 is 1.12 bits per heavy atom. The van der Waals surface area contributed by atoms with Gasteiger partial charge in [-0.05, 0) is 28.8 Å². The summed E-state index contributed by atoms with van der Waals surface area (Å²) in [6.45, 7) is 5.49. The molecule has 3 rings (SSSR count). The third kappa shape index (κ3) is 4.01. The second-order valence-electron chi connectivity index (χ2n) is 5.85. The molecule has 0 unspecified atom stereocenters. The smallest absolute Gasteiger partial charge is 0.331 e. The molecule has 24 heavy (non-hydrogen) atoms. The summed E-state index contributed by atoms with van der Waals surface area (Å²) < 4.78 is 0. The summed E-state index contributed by atoms with van der Waals surface area (Å²) in [6, 6.07) is 16.1. The van der Waals surface area contributed by atoms with Gasteiger partial charge in [-0.1, -0.05) is 43.0 Å². The zero-order valence-corrected chi connectivity index (χ0v) is 13.4. The van der Waals surface area contributed by atoms with E-state index in [2.05, 4.69) is 34.7 Å². The molecule has 1 heterocycles. The minimum absolute atomic E-state index is 0.102. The Morgan fingerprint density at radius 2 is 1.83 bits per heavy atom. The summed E-state index contributed by atoms with van der Waals surface area (Å²) in [6.07, 6.45) is 0.459. The molecule has 0 atom stereocenters. The molecular weight excluding hydrogens is 302 g/mol. The molecule has 0 spiro atoms. The maximum atomic E-state index is 10.9. The molecule has 4 N–H and O–H groups in total. The van der Waals surface area contributed by atoms with E-state index in [0.717, 1.165) is 35.5 Å². The first-order valence-electron chi connectivity index (χ1n) is 7.95. The van der Waals surface area contributed by atoms with Crippen LogP contribution in [0.1, 0.15) is 5.56 Å². The SMILES string of the molecule is C=C(Cc1ccc(-c2cccc(NC3NCCN3)c2)cc1)C(=O)O. The van der Waals surface area contributed by atoms with Gasteiger partial charge in [0.2, 0.25) is 0 Å². The molecule has 0 aromatic heterocycles. The van der Waals surface area contributed by atoms with E-state index in [1.54, 1.807) is 0 Å². The van der Waals surface area contributed by atoms with Crippen LogP contribution in [0.4, 0.5) is 5.69 Å². The van der Waals surface area contributed by atoms with Gasteiger partial charge in [-0.3, -0.25) is 10.6 Å². The van der Waals surface area contributed by atoms with Crippen molar-refractivity contribution in [3.05, 3.63) is 66.2 Å². The highest BCUT2D eigenvalue weighted by Gasteiger charge is 2.12. The normalized spacial score (nSPS) is 14.5. The van der Waals surface area contributed by atoms with Crippen molar-refractivity contribution in [3.63, 3.8) is 0 Å². The summed E-state index contributed by atoms with van der Waals surface area (Å²) in [7, 11) is 0. The van der Waals surface area contributed by atoms with E-state index in [-0.39, 0.29) is 11.9 Å². The molecule has 0 saturated carbocycles. The van der Waals surface area contributed by atoms with Gasteiger partial charge in [-0.2, -0.15) is 0 Å². The molecule has 0 aliphatic carbocycles. The van der Waals surface area contributed by atoms with E-state index in [1.807, 2.05) is 36.4 Å². The molecule has 5 nitrogen and oxygen atoms in total. The summed E-state index contributed by atoms with van der Waals surface area (Å²) >= 11 is 0. The van der Waals surface area contributed by atoms with Gasteiger partial charge in [-0.25, -0.2) is 4.79 Å². The topological polar surface area (TPSA) is 73.4 Å². The Labute approximate surface area is 141 Å². The molecule has 2 aromatic rings. The van der Waals surface area contributed by atoms with Crippen LogP contribution in [0.2, 0.25) is 0 Å². The number of hydrogen-bond donors (Lipinski definition) is 4. The van der Waals surface area contributed by atoms with Crippen molar-refractivity contribution in [2.24, 2.45) is 0 Å². The molecule has 1 fully saturated rings. The number of carboxylic acids is 1. The fraction of sp³-hybridized carbons (Fsp3) is 0.211. The number of aliphatic carboxylic acids is 1. The minimum Gasteiger partial charge on any atom is -0.478 e. The van der Waals surface area contributed by atoms with Crippen LogP contribution in [0.3, 0.4) is 0 Å². The monoisotopic (exact) mass is 323 g/mol. The van der Waals surface area contributed by atoms with Crippen LogP contribution in [0.5, 0.6) is 0 Å². The largest absolute Gasteiger partial charge is 0.478 e. The van der Waals surface area contributed by atoms with Crippen molar-refractivity contribution in [2.45, 2.75) is 12.7 Å². The lowest BCUT2D eigenvalue weighted by molar-refractivity contribution is -0.132. The highest BCUT2D eigenvalue weighted by molar-refractivity contribution is 5.86. The van der Waals surface area contributed by atoms with Crippen molar-refractivity contribution >= 4 is 11.7 Å². The average Bonchev–Trinajstić information content (AvgIpc) is 3.08. The predicted octanol–water partition coefficient (Wildman–Crippen LogP) is 2.43. The molecule has 1 aliphatic rings. The first kappa shape index (κ1) is 16.2. The molecule has 5 heteroatoms. The minimum atomic E-state index is -0.952. The van der Waals surface area contributed by atoms with Gasteiger partial charge in [-0.15, -0.1) is 0 Å². The van der Waals surface area contributed by atoms with Crippen molar-refractivity contribution in [1.29, 1.82) is 0 Å². The maximum absolute atomic E-state index is 10.9. The number of benzene rings is 2. The van der Waals surface area contributed by atoms with Crippen molar-refractivity contribution in [2.75, 3.05) is 18.4 Å². The Balaban J connectivity index is 1.71. The Kier molecular flexibility index (Phi) is 4.93. The van der Waals surface area contributed by atoms with Gasteiger partial charge in [0.05, 0.1) is 0 Å². The molecule has 0 bridgehead atoms. The van der Waals surface area contributed by atoms with Gasteiger partial charge >= 0.3 is 5.97 Å². The second-order valence-corrected chi connectivity index (χ2v) is 5.85. The number of rotatable bonds is 6. The lowest BCUT2D eigenvalue weighted by atomic mass is 10.0. The average molecular weight is 323 g/mol. The van der Waals surface area contributed by atoms with E-state index in [9.17, 15) is 4.79 Å². The highest BCUT2D eigenvalue weighted by Crippen LogP contribution is 2.24. The number of hydrogen-bond acceptors (Lipinski definition) is 4. The van der Waals surface area contributed by atoms with E-state index < -0.39 is 5.97 Å².